The third kappa shape index (κ3) is 5.45. The lowest BCUT2D eigenvalue weighted by atomic mass is 9.71. The number of allylic oxidation sites excluding steroid dienone is 3. The topological polar surface area (TPSA) is 111 Å². The minimum absolute atomic E-state index is 0.00158. The number of nitrogens with zero attached hydrogens (tertiary/aromatic N) is 2. The third-order valence-electron chi connectivity index (χ3n) is 7.79. The minimum Gasteiger partial charge on any atom is -0.459 e. The van der Waals surface area contributed by atoms with Gasteiger partial charge in [-0.15, -0.1) is 0 Å². The molecule has 9 heteroatoms. The Morgan fingerprint density at radius 3 is 2.41 bits per heavy atom. The van der Waals surface area contributed by atoms with Crippen molar-refractivity contribution in [2.45, 2.75) is 50.5 Å². The number of carbonyl (C=O) groups is 2. The van der Waals surface area contributed by atoms with Gasteiger partial charge in [0.05, 0.1) is 16.6 Å². The first-order chi connectivity index (χ1) is 18.7. The quantitative estimate of drug-likeness (QED) is 0.310. The van der Waals surface area contributed by atoms with Crippen molar-refractivity contribution in [3.8, 4) is 0 Å². The molecule has 2 heterocycles. The van der Waals surface area contributed by atoms with Crippen LogP contribution in [-0.4, -0.2) is 50.1 Å². The Bertz CT molecular complexity index is 1340. The van der Waals surface area contributed by atoms with Gasteiger partial charge in [0, 0.05) is 67.8 Å². The Morgan fingerprint density at radius 1 is 1.10 bits per heavy atom. The molecule has 0 radical (unpaired) electrons. The maximum atomic E-state index is 13.8. The van der Waals surface area contributed by atoms with E-state index in [4.69, 9.17) is 9.47 Å². The zero-order valence-electron chi connectivity index (χ0n) is 22.4. The molecule has 0 bridgehead atoms. The van der Waals surface area contributed by atoms with Crippen molar-refractivity contribution in [1.29, 1.82) is 0 Å². The molecule has 1 fully saturated rings. The predicted octanol–water partition coefficient (Wildman–Crippen LogP) is 4.74. The highest BCUT2D eigenvalue weighted by Gasteiger charge is 2.41. The van der Waals surface area contributed by atoms with Crippen molar-refractivity contribution in [3.05, 3.63) is 92.3 Å². The molecule has 1 saturated heterocycles. The number of esters is 1. The molecular formula is C30H33N3O6. The lowest BCUT2D eigenvalue weighted by molar-refractivity contribution is -0.384. The molecule has 2 aromatic rings. The lowest BCUT2D eigenvalue weighted by Gasteiger charge is -2.36. The van der Waals surface area contributed by atoms with Crippen LogP contribution in [-0.2, 0) is 19.1 Å². The van der Waals surface area contributed by atoms with Gasteiger partial charge in [-0.25, -0.2) is 4.79 Å². The molecule has 1 N–H and O–H groups in total. The van der Waals surface area contributed by atoms with E-state index in [1.165, 1.54) is 12.1 Å². The van der Waals surface area contributed by atoms with Gasteiger partial charge >= 0.3 is 5.97 Å². The second kappa shape index (κ2) is 11.0. The van der Waals surface area contributed by atoms with Gasteiger partial charge in [-0.1, -0.05) is 24.3 Å². The maximum Gasteiger partial charge on any atom is 0.336 e. The Morgan fingerprint density at radius 2 is 1.79 bits per heavy atom. The molecule has 0 aromatic heterocycles. The van der Waals surface area contributed by atoms with Crippen LogP contribution in [0.25, 0.3) is 0 Å². The fraction of sp³-hybridized carbons (Fsp3) is 0.400. The number of nitro groups is 1. The predicted molar refractivity (Wildman–Crippen MR) is 146 cm³/mol. The molecule has 3 aliphatic rings. The average Bonchev–Trinajstić information content (AvgIpc) is 3.45. The van der Waals surface area contributed by atoms with Gasteiger partial charge in [0.15, 0.2) is 5.78 Å². The number of nitro benzene ring substituents is 1. The van der Waals surface area contributed by atoms with Crippen molar-refractivity contribution in [2.75, 3.05) is 32.2 Å². The molecule has 3 atom stereocenters. The number of non-ortho nitro benzene ring substituents is 1. The van der Waals surface area contributed by atoms with Crippen molar-refractivity contribution in [2.24, 2.45) is 0 Å². The number of carbonyl (C=O) groups excluding carboxylic acids is 2. The van der Waals surface area contributed by atoms with Crippen molar-refractivity contribution >= 4 is 23.1 Å². The fourth-order valence-electron chi connectivity index (χ4n) is 5.73. The zero-order chi connectivity index (χ0) is 27.7. The van der Waals surface area contributed by atoms with E-state index < -0.39 is 16.8 Å². The van der Waals surface area contributed by atoms with Crippen LogP contribution < -0.4 is 10.2 Å². The van der Waals surface area contributed by atoms with Crippen molar-refractivity contribution in [3.63, 3.8) is 0 Å². The second-order valence-electron chi connectivity index (χ2n) is 10.6. The largest absolute Gasteiger partial charge is 0.459 e. The molecule has 9 nitrogen and oxygen atoms in total. The number of nitrogens with one attached hydrogen (secondary N) is 1. The van der Waals surface area contributed by atoms with Crippen LogP contribution in [0.5, 0.6) is 0 Å². The number of Topliss-reactive ketones (excluding diaryl/α,β-unsaturated/α-hetero) is 1. The zero-order valence-corrected chi connectivity index (χ0v) is 22.4. The number of ether oxygens (including phenoxy) is 2. The summed E-state index contributed by atoms with van der Waals surface area (Å²) in [6.45, 7) is 2.61. The van der Waals surface area contributed by atoms with Gasteiger partial charge in [-0.05, 0) is 55.4 Å². The van der Waals surface area contributed by atoms with Crippen LogP contribution in [0.4, 0.5) is 11.4 Å². The van der Waals surface area contributed by atoms with E-state index in [0.717, 1.165) is 29.8 Å². The number of hydrogen-bond acceptors (Lipinski definition) is 8. The van der Waals surface area contributed by atoms with Gasteiger partial charge in [0.2, 0.25) is 0 Å². The van der Waals surface area contributed by atoms with Crippen LogP contribution in [0.3, 0.4) is 0 Å². The van der Waals surface area contributed by atoms with E-state index in [1.807, 2.05) is 38.1 Å². The van der Waals surface area contributed by atoms with E-state index in [-0.39, 0.29) is 30.1 Å². The molecule has 0 saturated carbocycles. The van der Waals surface area contributed by atoms with E-state index in [0.29, 0.717) is 41.9 Å². The smallest absolute Gasteiger partial charge is 0.336 e. The van der Waals surface area contributed by atoms with E-state index in [2.05, 4.69) is 17.4 Å². The summed E-state index contributed by atoms with van der Waals surface area (Å²) in [5.74, 6) is -1.24. The van der Waals surface area contributed by atoms with Crippen LogP contribution in [0.2, 0.25) is 0 Å². The monoisotopic (exact) mass is 531 g/mol. The van der Waals surface area contributed by atoms with Crippen LogP contribution >= 0.6 is 0 Å². The van der Waals surface area contributed by atoms with Crippen LogP contribution in [0.15, 0.2) is 71.1 Å². The molecule has 1 aliphatic carbocycles. The van der Waals surface area contributed by atoms with E-state index in [1.54, 1.807) is 12.1 Å². The summed E-state index contributed by atoms with van der Waals surface area (Å²) in [5, 5.41) is 14.6. The summed E-state index contributed by atoms with van der Waals surface area (Å²) in [6.07, 6.45) is 2.56. The van der Waals surface area contributed by atoms with Gasteiger partial charge in [-0.3, -0.25) is 14.9 Å². The first-order valence-electron chi connectivity index (χ1n) is 13.3. The summed E-state index contributed by atoms with van der Waals surface area (Å²) in [7, 11) is 3.97. The molecule has 5 rings (SSSR count). The Hall–Kier alpha value is -3.98. The summed E-state index contributed by atoms with van der Waals surface area (Å²) in [4.78, 5) is 40.1. The number of rotatable bonds is 7. The average molecular weight is 532 g/mol. The SMILES string of the molecule is CC1=C(C(=O)OC[C@@H]2CCCO2)[C@H](c2ccc([N+](=O)[O-])cc2)C2=C(C[C@H](c3ccc(N(C)C)cc3)CC2=O)N1. The van der Waals surface area contributed by atoms with Gasteiger partial charge in [0.25, 0.3) is 5.69 Å². The van der Waals surface area contributed by atoms with Crippen LogP contribution in [0, 0.1) is 10.1 Å². The molecule has 39 heavy (non-hydrogen) atoms. The molecule has 0 spiro atoms. The van der Waals surface area contributed by atoms with Gasteiger partial charge in [-0.2, -0.15) is 0 Å². The Labute approximate surface area is 227 Å². The first kappa shape index (κ1) is 26.6. The molecular weight excluding hydrogens is 498 g/mol. The van der Waals surface area contributed by atoms with Crippen LogP contribution in [0.1, 0.15) is 55.6 Å². The molecule has 2 aromatic carbocycles. The highest BCUT2D eigenvalue weighted by molar-refractivity contribution is 6.04. The van der Waals surface area contributed by atoms with E-state index >= 15 is 0 Å². The first-order valence-corrected chi connectivity index (χ1v) is 13.3. The maximum absolute atomic E-state index is 13.8. The highest BCUT2D eigenvalue weighted by Crippen LogP contribution is 2.46. The highest BCUT2D eigenvalue weighted by atomic mass is 16.6. The summed E-state index contributed by atoms with van der Waals surface area (Å²) in [6, 6.07) is 14.3. The number of benzene rings is 2. The standard InChI is InChI=1S/C30H33N3O6/c1-18-27(30(35)39-17-24-5-4-14-38-24)28(20-8-12-23(13-9-20)33(36)37)29-25(31-18)15-21(16-26(29)34)19-6-10-22(11-7-19)32(2)3/h6-13,21,24,28,31H,4-5,14-17H2,1-3H3/t21-,24-,28-/m0/s1. The van der Waals surface area contributed by atoms with Crippen molar-refractivity contribution < 1.29 is 24.0 Å². The molecule has 0 unspecified atom stereocenters. The molecule has 0 amide bonds. The summed E-state index contributed by atoms with van der Waals surface area (Å²) in [5.41, 5.74) is 5.02. The number of dihydropyridines is 1. The number of hydrogen-bond donors (Lipinski definition) is 1. The normalized spacial score (nSPS) is 22.8. The number of ketones is 1. The number of anilines is 1. The third-order valence-corrected chi connectivity index (χ3v) is 7.79. The van der Waals surface area contributed by atoms with Gasteiger partial charge in [0.1, 0.15) is 6.61 Å². The molecule has 204 valence electrons. The molecule has 2 aliphatic heterocycles. The van der Waals surface area contributed by atoms with Crippen molar-refractivity contribution in [1.82, 2.24) is 5.32 Å². The second-order valence-corrected chi connectivity index (χ2v) is 10.6. The van der Waals surface area contributed by atoms with E-state index in [9.17, 15) is 19.7 Å². The van der Waals surface area contributed by atoms with Gasteiger partial charge < -0.3 is 19.7 Å². The fourth-order valence-corrected chi connectivity index (χ4v) is 5.73. The summed E-state index contributed by atoms with van der Waals surface area (Å²) >= 11 is 0. The Balaban J connectivity index is 1.49. The Kier molecular flexibility index (Phi) is 7.52. The minimum atomic E-state index is -0.677. The lowest BCUT2D eigenvalue weighted by Crippen LogP contribution is -2.36. The summed E-state index contributed by atoms with van der Waals surface area (Å²) < 4.78 is 11.3.